The van der Waals surface area contributed by atoms with Crippen LogP contribution < -0.4 is 9.47 Å². The van der Waals surface area contributed by atoms with E-state index in [1.165, 1.54) is 12.3 Å². The molecule has 0 bridgehead atoms. The molecule has 0 aliphatic carbocycles. The fourth-order valence-corrected chi connectivity index (χ4v) is 1.96. The van der Waals surface area contributed by atoms with E-state index in [-0.39, 0.29) is 0 Å². The van der Waals surface area contributed by atoms with Gasteiger partial charge in [-0.3, -0.25) is 4.98 Å². The molecule has 0 saturated heterocycles. The third-order valence-corrected chi connectivity index (χ3v) is 2.99. The highest BCUT2D eigenvalue weighted by molar-refractivity contribution is 5.43. The average molecular weight is 277 g/mol. The summed E-state index contributed by atoms with van der Waals surface area (Å²) in [6.07, 6.45) is 2.07. The van der Waals surface area contributed by atoms with Crippen molar-refractivity contribution >= 4 is 0 Å². The zero-order chi connectivity index (χ0) is 14.5. The molecule has 0 saturated carbocycles. The number of hydrogen-bond donors (Lipinski definition) is 1. The molecule has 5 heteroatoms. The Morgan fingerprint density at radius 2 is 1.90 bits per heavy atom. The first-order valence-electron chi connectivity index (χ1n) is 6.13. The van der Waals surface area contributed by atoms with Crippen LogP contribution in [0.4, 0.5) is 4.39 Å². The van der Waals surface area contributed by atoms with E-state index in [4.69, 9.17) is 9.47 Å². The van der Waals surface area contributed by atoms with Crippen LogP contribution in [0.25, 0.3) is 0 Å². The number of benzene rings is 1. The summed E-state index contributed by atoms with van der Waals surface area (Å²) in [5, 5.41) is 10.1. The fraction of sp³-hybridized carbons (Fsp3) is 0.267. The van der Waals surface area contributed by atoms with E-state index in [1.807, 2.05) is 6.07 Å². The van der Waals surface area contributed by atoms with Crippen LogP contribution in [0.3, 0.4) is 0 Å². The summed E-state index contributed by atoms with van der Waals surface area (Å²) >= 11 is 0. The first kappa shape index (κ1) is 14.3. The minimum atomic E-state index is -0.823. The molecule has 0 fully saturated rings. The van der Waals surface area contributed by atoms with E-state index < -0.39 is 11.9 Å². The Kier molecular flexibility index (Phi) is 4.53. The van der Waals surface area contributed by atoms with Gasteiger partial charge in [0.2, 0.25) is 0 Å². The fourth-order valence-electron chi connectivity index (χ4n) is 1.96. The number of ether oxygens (including phenoxy) is 2. The van der Waals surface area contributed by atoms with Crippen molar-refractivity contribution in [3.63, 3.8) is 0 Å². The first-order valence-corrected chi connectivity index (χ1v) is 6.13. The Labute approximate surface area is 116 Å². The van der Waals surface area contributed by atoms with Crippen molar-refractivity contribution in [1.29, 1.82) is 0 Å². The number of aromatic nitrogens is 1. The summed E-state index contributed by atoms with van der Waals surface area (Å²) < 4.78 is 23.4. The number of halogens is 1. The number of methoxy groups -OCH3 is 2. The van der Waals surface area contributed by atoms with Crippen LogP contribution >= 0.6 is 0 Å². The van der Waals surface area contributed by atoms with Crippen LogP contribution in [0.1, 0.15) is 17.2 Å². The summed E-state index contributed by atoms with van der Waals surface area (Å²) in [4.78, 5) is 3.73. The smallest absolute Gasteiger partial charge is 0.160 e. The van der Waals surface area contributed by atoms with Gasteiger partial charge in [-0.05, 0) is 23.8 Å². The van der Waals surface area contributed by atoms with Crippen molar-refractivity contribution in [3.8, 4) is 11.5 Å². The largest absolute Gasteiger partial charge is 0.493 e. The SMILES string of the molecule is COc1ccc(CC(O)c2cncc(F)c2)cc1OC. The van der Waals surface area contributed by atoms with Gasteiger partial charge in [-0.25, -0.2) is 4.39 Å². The molecule has 1 heterocycles. The lowest BCUT2D eigenvalue weighted by atomic mass is 10.0. The standard InChI is InChI=1S/C15H16FNO3/c1-19-14-4-3-10(6-15(14)20-2)5-13(18)11-7-12(16)9-17-8-11/h3-4,6-9,13,18H,5H2,1-2H3. The molecule has 0 spiro atoms. The summed E-state index contributed by atoms with van der Waals surface area (Å²) in [7, 11) is 3.11. The van der Waals surface area contributed by atoms with Gasteiger partial charge in [0.1, 0.15) is 5.82 Å². The van der Waals surface area contributed by atoms with Crippen LogP contribution in [-0.2, 0) is 6.42 Å². The molecule has 2 aromatic rings. The van der Waals surface area contributed by atoms with Gasteiger partial charge >= 0.3 is 0 Å². The quantitative estimate of drug-likeness (QED) is 0.912. The number of nitrogens with zero attached hydrogens (tertiary/aromatic N) is 1. The summed E-state index contributed by atoms with van der Waals surface area (Å²) in [5.41, 5.74) is 1.30. The molecule has 0 radical (unpaired) electrons. The van der Waals surface area contributed by atoms with Crippen molar-refractivity contribution in [3.05, 3.63) is 53.6 Å². The molecular weight excluding hydrogens is 261 g/mol. The van der Waals surface area contributed by atoms with Gasteiger partial charge in [0, 0.05) is 18.2 Å². The van der Waals surface area contributed by atoms with Gasteiger partial charge < -0.3 is 14.6 Å². The topological polar surface area (TPSA) is 51.6 Å². The van der Waals surface area contributed by atoms with Crippen LogP contribution in [0, 0.1) is 5.82 Å². The van der Waals surface area contributed by atoms with Crippen molar-refractivity contribution in [2.45, 2.75) is 12.5 Å². The minimum absolute atomic E-state index is 0.339. The maximum absolute atomic E-state index is 13.1. The maximum atomic E-state index is 13.1. The molecule has 106 valence electrons. The third-order valence-electron chi connectivity index (χ3n) is 2.99. The van der Waals surface area contributed by atoms with E-state index in [9.17, 15) is 9.50 Å². The highest BCUT2D eigenvalue weighted by Crippen LogP contribution is 2.29. The van der Waals surface area contributed by atoms with Crippen LogP contribution in [0.15, 0.2) is 36.7 Å². The van der Waals surface area contributed by atoms with Crippen molar-refractivity contribution in [1.82, 2.24) is 4.98 Å². The monoisotopic (exact) mass is 277 g/mol. The Morgan fingerprint density at radius 3 is 2.55 bits per heavy atom. The van der Waals surface area contributed by atoms with Crippen LogP contribution in [-0.4, -0.2) is 24.3 Å². The molecular formula is C15H16FNO3. The lowest BCUT2D eigenvalue weighted by Gasteiger charge is -2.13. The van der Waals surface area contributed by atoms with Crippen molar-refractivity contribution in [2.75, 3.05) is 14.2 Å². The molecule has 1 atom stereocenters. The predicted octanol–water partition coefficient (Wildman–Crippen LogP) is 2.51. The second kappa shape index (κ2) is 6.34. The van der Waals surface area contributed by atoms with E-state index in [0.29, 0.717) is 23.5 Å². The van der Waals surface area contributed by atoms with Gasteiger partial charge in [-0.15, -0.1) is 0 Å². The second-order valence-electron chi connectivity index (χ2n) is 4.35. The lowest BCUT2D eigenvalue weighted by Crippen LogP contribution is -2.03. The molecule has 1 aromatic carbocycles. The van der Waals surface area contributed by atoms with E-state index >= 15 is 0 Å². The molecule has 0 aliphatic rings. The molecule has 1 aromatic heterocycles. The molecule has 0 aliphatic heterocycles. The summed E-state index contributed by atoms with van der Waals surface area (Å²) in [6, 6.07) is 6.66. The molecule has 1 unspecified atom stereocenters. The molecule has 4 nitrogen and oxygen atoms in total. The second-order valence-corrected chi connectivity index (χ2v) is 4.35. The minimum Gasteiger partial charge on any atom is -0.493 e. The number of hydrogen-bond acceptors (Lipinski definition) is 4. The number of aliphatic hydroxyl groups excluding tert-OH is 1. The number of aliphatic hydroxyl groups is 1. The number of pyridine rings is 1. The molecule has 0 amide bonds. The Hall–Kier alpha value is -2.14. The Morgan fingerprint density at radius 1 is 1.15 bits per heavy atom. The van der Waals surface area contributed by atoms with Gasteiger partial charge in [-0.1, -0.05) is 6.07 Å². The van der Waals surface area contributed by atoms with Crippen molar-refractivity contribution < 1.29 is 19.0 Å². The molecule has 2 rings (SSSR count). The lowest BCUT2D eigenvalue weighted by molar-refractivity contribution is 0.177. The third kappa shape index (κ3) is 3.24. The van der Waals surface area contributed by atoms with Gasteiger partial charge in [0.05, 0.1) is 26.5 Å². The van der Waals surface area contributed by atoms with E-state index in [2.05, 4.69) is 4.98 Å². The zero-order valence-corrected chi connectivity index (χ0v) is 11.3. The van der Waals surface area contributed by atoms with Gasteiger partial charge in [-0.2, -0.15) is 0 Å². The summed E-state index contributed by atoms with van der Waals surface area (Å²) in [6.45, 7) is 0. The van der Waals surface area contributed by atoms with Crippen LogP contribution in [0.2, 0.25) is 0 Å². The normalized spacial score (nSPS) is 12.0. The zero-order valence-electron chi connectivity index (χ0n) is 11.3. The predicted molar refractivity (Wildman–Crippen MR) is 72.4 cm³/mol. The van der Waals surface area contributed by atoms with E-state index in [0.717, 1.165) is 11.8 Å². The van der Waals surface area contributed by atoms with Crippen LogP contribution in [0.5, 0.6) is 11.5 Å². The van der Waals surface area contributed by atoms with Gasteiger partial charge in [0.25, 0.3) is 0 Å². The Bertz CT molecular complexity index is 589. The Balaban J connectivity index is 2.17. The highest BCUT2D eigenvalue weighted by atomic mass is 19.1. The number of rotatable bonds is 5. The highest BCUT2D eigenvalue weighted by Gasteiger charge is 2.12. The molecule has 20 heavy (non-hydrogen) atoms. The van der Waals surface area contributed by atoms with Crippen molar-refractivity contribution in [2.24, 2.45) is 0 Å². The molecule has 1 N–H and O–H groups in total. The maximum Gasteiger partial charge on any atom is 0.160 e. The first-order chi connectivity index (χ1) is 9.63. The summed E-state index contributed by atoms with van der Waals surface area (Å²) in [5.74, 6) is 0.751. The van der Waals surface area contributed by atoms with E-state index in [1.54, 1.807) is 26.4 Å². The average Bonchev–Trinajstić information content (AvgIpc) is 2.47. The van der Waals surface area contributed by atoms with Gasteiger partial charge in [0.15, 0.2) is 11.5 Å².